The Balaban J connectivity index is 1.90. The summed E-state index contributed by atoms with van der Waals surface area (Å²) in [6.45, 7) is 0. The van der Waals surface area contributed by atoms with Crippen molar-refractivity contribution in [1.29, 1.82) is 0 Å². The molecule has 0 bridgehead atoms. The molecule has 0 fully saturated rings. The summed E-state index contributed by atoms with van der Waals surface area (Å²) in [6.07, 6.45) is 5.55. The molecule has 0 saturated carbocycles. The monoisotopic (exact) mass is 241 g/mol. The normalized spacial score (nSPS) is 11.3. The van der Waals surface area contributed by atoms with Crippen LogP contribution in [0, 0.1) is 0 Å². The highest BCUT2D eigenvalue weighted by atomic mass is 16.1. The number of aromatic amines is 1. The van der Waals surface area contributed by atoms with Gasteiger partial charge in [-0.25, -0.2) is 9.89 Å². The van der Waals surface area contributed by atoms with E-state index in [0.717, 1.165) is 6.42 Å². The largest absolute Gasteiger partial charge is 0.363 e. The zero-order chi connectivity index (χ0) is 12.6. The van der Waals surface area contributed by atoms with Crippen LogP contribution in [-0.4, -0.2) is 15.2 Å². The number of rotatable bonds is 4. The third-order valence-corrected chi connectivity index (χ3v) is 2.08. The minimum atomic E-state index is -0.542. The van der Waals surface area contributed by atoms with Crippen molar-refractivity contribution >= 4 is 5.82 Å². The van der Waals surface area contributed by atoms with Crippen LogP contribution in [0.15, 0.2) is 63.8 Å². The first-order valence-electron chi connectivity index (χ1n) is 5.36. The lowest BCUT2D eigenvalue weighted by atomic mass is 10.1. The number of hydrogen-bond acceptors (Lipinski definition) is 5. The molecule has 0 radical (unpaired) electrons. The molecule has 1 N–H and O–H groups in total. The second kappa shape index (κ2) is 6.19. The number of azo groups is 1. The fraction of sp³-hybridized carbons (Fsp3) is 0.0833. The first-order valence-corrected chi connectivity index (χ1v) is 5.36. The second-order valence-corrected chi connectivity index (χ2v) is 3.44. The Kier molecular flexibility index (Phi) is 4.07. The van der Waals surface area contributed by atoms with Gasteiger partial charge in [0.1, 0.15) is 0 Å². The first-order chi connectivity index (χ1) is 8.84. The lowest BCUT2D eigenvalue weighted by molar-refractivity contribution is 0.903. The van der Waals surface area contributed by atoms with Gasteiger partial charge >= 0.3 is 5.69 Å². The van der Waals surface area contributed by atoms with E-state index in [1.165, 1.54) is 11.8 Å². The van der Waals surface area contributed by atoms with Crippen molar-refractivity contribution in [2.24, 2.45) is 10.2 Å². The van der Waals surface area contributed by atoms with E-state index in [1.54, 1.807) is 6.20 Å². The molecule has 0 aliphatic carbocycles. The van der Waals surface area contributed by atoms with E-state index in [4.69, 9.17) is 0 Å². The van der Waals surface area contributed by atoms with Crippen LogP contribution < -0.4 is 5.69 Å². The molecule has 6 heteroatoms. The minimum absolute atomic E-state index is 0.183. The van der Waals surface area contributed by atoms with Gasteiger partial charge in [-0.2, -0.15) is 15.2 Å². The molecule has 0 atom stereocenters. The molecule has 1 aromatic heterocycles. The fourth-order valence-electron chi connectivity index (χ4n) is 1.29. The molecule has 2 rings (SSSR count). The van der Waals surface area contributed by atoms with Crippen molar-refractivity contribution in [3.05, 3.63) is 64.9 Å². The molecule has 2 aromatic rings. The molecule has 0 unspecified atom stereocenters. The molecule has 18 heavy (non-hydrogen) atoms. The number of nitrogens with one attached hydrogen (secondary N) is 1. The summed E-state index contributed by atoms with van der Waals surface area (Å²) in [4.78, 5) is 14.4. The number of nitrogens with zero attached hydrogens (tertiary/aromatic N) is 4. The van der Waals surface area contributed by atoms with Gasteiger partial charge in [0.25, 0.3) is 0 Å². The molecule has 1 aromatic carbocycles. The Morgan fingerprint density at radius 3 is 2.89 bits per heavy atom. The molecular formula is C12H11N5O. The summed E-state index contributed by atoms with van der Waals surface area (Å²) in [7, 11) is 0. The Hall–Kier alpha value is -2.63. The number of benzene rings is 1. The van der Waals surface area contributed by atoms with Crippen LogP contribution in [0.5, 0.6) is 0 Å². The fourth-order valence-corrected chi connectivity index (χ4v) is 1.29. The Labute approximate surface area is 103 Å². The highest BCUT2D eigenvalue weighted by Crippen LogP contribution is 2.02. The quantitative estimate of drug-likeness (QED) is 0.831. The second-order valence-electron chi connectivity index (χ2n) is 3.44. The van der Waals surface area contributed by atoms with E-state index in [1.807, 2.05) is 36.4 Å². The third-order valence-electron chi connectivity index (χ3n) is 2.08. The molecule has 0 aliphatic heterocycles. The van der Waals surface area contributed by atoms with Crippen molar-refractivity contribution in [3.8, 4) is 0 Å². The molecule has 0 amide bonds. The van der Waals surface area contributed by atoms with Gasteiger partial charge in [-0.15, -0.1) is 5.11 Å². The topological polar surface area (TPSA) is 83.4 Å². The summed E-state index contributed by atoms with van der Waals surface area (Å²) < 4.78 is 0. The van der Waals surface area contributed by atoms with Crippen LogP contribution in [0.3, 0.4) is 0 Å². The zero-order valence-corrected chi connectivity index (χ0v) is 9.52. The van der Waals surface area contributed by atoms with Gasteiger partial charge in [-0.05, 0) is 12.0 Å². The van der Waals surface area contributed by atoms with E-state index in [-0.39, 0.29) is 5.82 Å². The van der Waals surface area contributed by atoms with Crippen LogP contribution >= 0.6 is 0 Å². The predicted octanol–water partition coefficient (Wildman–Crippen LogP) is 2.00. The Bertz CT molecular complexity index is 603. The third kappa shape index (κ3) is 3.75. The Morgan fingerprint density at radius 2 is 2.11 bits per heavy atom. The van der Waals surface area contributed by atoms with Gasteiger partial charge in [-0.1, -0.05) is 36.4 Å². The summed E-state index contributed by atoms with van der Waals surface area (Å²) in [5.74, 6) is 0.183. The van der Waals surface area contributed by atoms with Gasteiger partial charge in [-0.3, -0.25) is 0 Å². The summed E-state index contributed by atoms with van der Waals surface area (Å²) in [5, 5.41) is 13.2. The minimum Gasteiger partial charge on any atom is -0.244 e. The Morgan fingerprint density at radius 1 is 1.28 bits per heavy atom. The van der Waals surface area contributed by atoms with Crippen LogP contribution in [0.4, 0.5) is 5.82 Å². The number of aromatic nitrogens is 3. The molecule has 6 nitrogen and oxygen atoms in total. The van der Waals surface area contributed by atoms with E-state index in [0.29, 0.717) is 0 Å². The van der Waals surface area contributed by atoms with Gasteiger partial charge in [0.05, 0.1) is 6.20 Å². The molecule has 0 saturated heterocycles. The van der Waals surface area contributed by atoms with E-state index in [2.05, 4.69) is 25.4 Å². The average molecular weight is 241 g/mol. The molecule has 90 valence electrons. The first kappa shape index (κ1) is 11.8. The van der Waals surface area contributed by atoms with Gasteiger partial charge < -0.3 is 0 Å². The van der Waals surface area contributed by atoms with Crippen LogP contribution in [0.2, 0.25) is 0 Å². The van der Waals surface area contributed by atoms with E-state index < -0.39 is 5.69 Å². The molecular weight excluding hydrogens is 230 g/mol. The van der Waals surface area contributed by atoms with Crippen LogP contribution in [-0.2, 0) is 6.42 Å². The van der Waals surface area contributed by atoms with Crippen molar-refractivity contribution in [2.45, 2.75) is 6.42 Å². The molecule has 1 heterocycles. The average Bonchev–Trinajstić information content (AvgIpc) is 2.40. The summed E-state index contributed by atoms with van der Waals surface area (Å²) in [6, 6.07) is 10.00. The SMILES string of the molecule is O=c1nc(N=N/C=C/Cc2ccccc2)cn[nH]1. The van der Waals surface area contributed by atoms with Crippen LogP contribution in [0.25, 0.3) is 0 Å². The van der Waals surface area contributed by atoms with Gasteiger partial charge in [0, 0.05) is 6.20 Å². The maximum atomic E-state index is 10.8. The van der Waals surface area contributed by atoms with Crippen molar-refractivity contribution in [3.63, 3.8) is 0 Å². The maximum Gasteiger partial charge on any atom is 0.363 e. The number of hydrogen-bond donors (Lipinski definition) is 1. The van der Waals surface area contributed by atoms with Crippen molar-refractivity contribution in [1.82, 2.24) is 15.2 Å². The maximum absolute atomic E-state index is 10.8. The standard InChI is InChI=1S/C12H11N5O/c18-12-15-11(9-14-17-12)16-13-8-4-7-10-5-2-1-3-6-10/h1-6,8-9H,7H2,(H,15,17,18)/b8-4+,16-13?. The summed E-state index contributed by atoms with van der Waals surface area (Å²) >= 11 is 0. The lowest BCUT2D eigenvalue weighted by Crippen LogP contribution is -2.09. The van der Waals surface area contributed by atoms with Crippen LogP contribution in [0.1, 0.15) is 5.56 Å². The van der Waals surface area contributed by atoms with Gasteiger partial charge in [0.15, 0.2) is 5.82 Å². The van der Waals surface area contributed by atoms with Crippen molar-refractivity contribution in [2.75, 3.05) is 0 Å². The number of H-pyrrole nitrogens is 1. The van der Waals surface area contributed by atoms with E-state index in [9.17, 15) is 4.79 Å². The summed E-state index contributed by atoms with van der Waals surface area (Å²) in [5.41, 5.74) is 0.652. The highest BCUT2D eigenvalue weighted by molar-refractivity contribution is 5.19. The zero-order valence-electron chi connectivity index (χ0n) is 9.52. The number of allylic oxidation sites excluding steroid dienone is 1. The van der Waals surface area contributed by atoms with E-state index >= 15 is 0 Å². The lowest BCUT2D eigenvalue weighted by Gasteiger charge is -1.92. The molecule has 0 spiro atoms. The smallest absolute Gasteiger partial charge is 0.244 e. The molecule has 0 aliphatic rings. The van der Waals surface area contributed by atoms with Gasteiger partial charge in [0.2, 0.25) is 0 Å². The van der Waals surface area contributed by atoms with Crippen molar-refractivity contribution < 1.29 is 0 Å². The predicted molar refractivity (Wildman–Crippen MR) is 66.5 cm³/mol. The highest BCUT2D eigenvalue weighted by Gasteiger charge is 1.90.